The number of hydrogen-bond donors (Lipinski definition) is 1. The molecular weight excluding hydrogens is 194 g/mol. The summed E-state index contributed by atoms with van der Waals surface area (Å²) < 4.78 is 0. The molecule has 15 heavy (non-hydrogen) atoms. The number of hydrogen-bond acceptors (Lipinski definition) is 4. The number of rotatable bonds is 2. The number of carboxylic acids is 1. The van der Waals surface area contributed by atoms with Gasteiger partial charge in [-0.05, 0) is 33.1 Å². The third kappa shape index (κ3) is 1.58. The number of aromatic nitrogens is 3. The molecule has 5 heteroatoms. The molecule has 0 aliphatic heterocycles. The van der Waals surface area contributed by atoms with Crippen LogP contribution in [0, 0.1) is 0 Å². The summed E-state index contributed by atoms with van der Waals surface area (Å²) in [6.07, 6.45) is 2.82. The van der Waals surface area contributed by atoms with Crippen LogP contribution in [0.5, 0.6) is 0 Å². The Morgan fingerprint density at radius 3 is 2.60 bits per heavy atom. The summed E-state index contributed by atoms with van der Waals surface area (Å²) in [5, 5.41) is 17.0. The summed E-state index contributed by atoms with van der Waals surface area (Å²) in [4.78, 5) is 15.3. The van der Waals surface area contributed by atoms with Gasteiger partial charge in [0, 0.05) is 0 Å². The molecule has 1 aliphatic rings. The van der Waals surface area contributed by atoms with Crippen LogP contribution in [-0.2, 0) is 23.1 Å². The van der Waals surface area contributed by atoms with Crippen molar-refractivity contribution in [3.8, 4) is 0 Å². The van der Waals surface area contributed by atoms with Crippen molar-refractivity contribution in [2.24, 2.45) is 0 Å². The van der Waals surface area contributed by atoms with Gasteiger partial charge in [-0.3, -0.25) is 4.79 Å². The molecule has 80 valence electrons. The van der Waals surface area contributed by atoms with Gasteiger partial charge in [-0.15, -0.1) is 5.10 Å². The molecular formula is C10H13N3O2. The molecule has 0 saturated heterocycles. The lowest BCUT2D eigenvalue weighted by atomic mass is 9.93. The topological polar surface area (TPSA) is 76.0 Å². The smallest absolute Gasteiger partial charge is 0.316 e. The number of carboxylic acid groups (broad SMARTS) is 1. The summed E-state index contributed by atoms with van der Waals surface area (Å²) in [7, 11) is 0. The molecule has 0 aromatic carbocycles. The van der Waals surface area contributed by atoms with Gasteiger partial charge in [0.1, 0.15) is 5.41 Å². The first-order chi connectivity index (χ1) is 7.01. The third-order valence-electron chi connectivity index (χ3n) is 2.76. The van der Waals surface area contributed by atoms with E-state index in [0.29, 0.717) is 5.82 Å². The first kappa shape index (κ1) is 10.0. The monoisotopic (exact) mass is 207 g/mol. The molecule has 1 N–H and O–H groups in total. The largest absolute Gasteiger partial charge is 0.481 e. The molecule has 2 rings (SSSR count). The highest BCUT2D eigenvalue weighted by molar-refractivity contribution is 5.78. The van der Waals surface area contributed by atoms with Crippen LogP contribution in [0.3, 0.4) is 0 Å². The quantitative estimate of drug-likeness (QED) is 0.773. The van der Waals surface area contributed by atoms with Crippen LogP contribution < -0.4 is 0 Å². The SMILES string of the molecule is CC(C)(C(=O)O)c1nnc2c(n1)CCC2. The highest BCUT2D eigenvalue weighted by atomic mass is 16.4. The highest BCUT2D eigenvalue weighted by Crippen LogP contribution is 2.22. The van der Waals surface area contributed by atoms with E-state index in [1.54, 1.807) is 13.8 Å². The van der Waals surface area contributed by atoms with E-state index in [2.05, 4.69) is 15.2 Å². The van der Waals surface area contributed by atoms with Crippen LogP contribution in [0.1, 0.15) is 37.5 Å². The van der Waals surface area contributed by atoms with E-state index in [0.717, 1.165) is 30.7 Å². The van der Waals surface area contributed by atoms with Gasteiger partial charge in [-0.2, -0.15) is 5.10 Å². The fourth-order valence-corrected chi connectivity index (χ4v) is 1.56. The van der Waals surface area contributed by atoms with Crippen LogP contribution >= 0.6 is 0 Å². The van der Waals surface area contributed by atoms with Gasteiger partial charge in [0.2, 0.25) is 0 Å². The van der Waals surface area contributed by atoms with Crippen molar-refractivity contribution in [2.75, 3.05) is 0 Å². The van der Waals surface area contributed by atoms with E-state index in [4.69, 9.17) is 5.11 Å². The van der Waals surface area contributed by atoms with Crippen LogP contribution in [0.4, 0.5) is 0 Å². The molecule has 5 nitrogen and oxygen atoms in total. The molecule has 1 aromatic heterocycles. The standard InChI is InChI=1S/C10H13N3O2/c1-10(2,9(14)15)8-11-6-4-3-5-7(6)12-13-8/h3-5H2,1-2H3,(H,14,15). The fraction of sp³-hybridized carbons (Fsp3) is 0.600. The minimum atomic E-state index is -1.06. The van der Waals surface area contributed by atoms with Crippen molar-refractivity contribution >= 4 is 5.97 Å². The van der Waals surface area contributed by atoms with Gasteiger partial charge >= 0.3 is 5.97 Å². The molecule has 0 radical (unpaired) electrons. The maximum Gasteiger partial charge on any atom is 0.316 e. The van der Waals surface area contributed by atoms with Gasteiger partial charge in [0.05, 0.1) is 11.4 Å². The van der Waals surface area contributed by atoms with E-state index >= 15 is 0 Å². The van der Waals surface area contributed by atoms with E-state index in [1.165, 1.54) is 0 Å². The summed E-state index contributed by atoms with van der Waals surface area (Å²) >= 11 is 0. The average molecular weight is 207 g/mol. The molecule has 0 fully saturated rings. The maximum atomic E-state index is 11.0. The molecule has 0 amide bonds. The zero-order chi connectivity index (χ0) is 11.1. The van der Waals surface area contributed by atoms with Crippen molar-refractivity contribution < 1.29 is 9.90 Å². The van der Waals surface area contributed by atoms with Crippen LogP contribution in [0.2, 0.25) is 0 Å². The Hall–Kier alpha value is -1.52. The predicted molar refractivity (Wildman–Crippen MR) is 52.5 cm³/mol. The van der Waals surface area contributed by atoms with Gasteiger partial charge in [0.25, 0.3) is 0 Å². The Labute approximate surface area is 87.6 Å². The lowest BCUT2D eigenvalue weighted by Gasteiger charge is -2.16. The first-order valence-electron chi connectivity index (χ1n) is 4.98. The highest BCUT2D eigenvalue weighted by Gasteiger charge is 2.34. The molecule has 1 heterocycles. The lowest BCUT2D eigenvalue weighted by molar-refractivity contribution is -0.142. The minimum Gasteiger partial charge on any atom is -0.481 e. The second kappa shape index (κ2) is 3.25. The Bertz CT molecular complexity index is 415. The Morgan fingerprint density at radius 2 is 1.93 bits per heavy atom. The summed E-state index contributed by atoms with van der Waals surface area (Å²) in [5.41, 5.74) is 0.763. The van der Waals surface area contributed by atoms with Gasteiger partial charge in [-0.25, -0.2) is 4.98 Å². The second-order valence-corrected chi connectivity index (χ2v) is 4.31. The molecule has 0 bridgehead atoms. The zero-order valence-corrected chi connectivity index (χ0v) is 8.82. The lowest BCUT2D eigenvalue weighted by Crippen LogP contribution is -2.31. The second-order valence-electron chi connectivity index (χ2n) is 4.31. The first-order valence-corrected chi connectivity index (χ1v) is 4.98. The van der Waals surface area contributed by atoms with Crippen molar-refractivity contribution in [1.29, 1.82) is 0 Å². The molecule has 0 atom stereocenters. The Balaban J connectivity index is 2.42. The van der Waals surface area contributed by atoms with E-state index < -0.39 is 11.4 Å². The van der Waals surface area contributed by atoms with Crippen molar-refractivity contribution in [3.05, 3.63) is 17.2 Å². The Kier molecular flexibility index (Phi) is 2.17. The molecule has 0 saturated carbocycles. The average Bonchev–Trinajstić information content (AvgIpc) is 2.63. The molecule has 1 aliphatic carbocycles. The van der Waals surface area contributed by atoms with Gasteiger partial charge < -0.3 is 5.11 Å². The third-order valence-corrected chi connectivity index (χ3v) is 2.76. The molecule has 0 spiro atoms. The van der Waals surface area contributed by atoms with E-state index in [-0.39, 0.29) is 0 Å². The fourth-order valence-electron chi connectivity index (χ4n) is 1.56. The number of nitrogens with zero attached hydrogens (tertiary/aromatic N) is 3. The summed E-state index contributed by atoms with van der Waals surface area (Å²) in [6.45, 7) is 3.18. The summed E-state index contributed by atoms with van der Waals surface area (Å²) in [6, 6.07) is 0. The van der Waals surface area contributed by atoms with Crippen molar-refractivity contribution in [1.82, 2.24) is 15.2 Å². The number of aliphatic carboxylic acids is 1. The van der Waals surface area contributed by atoms with Crippen LogP contribution in [0.25, 0.3) is 0 Å². The summed E-state index contributed by atoms with van der Waals surface area (Å²) in [5.74, 6) is -0.627. The van der Waals surface area contributed by atoms with Crippen molar-refractivity contribution in [3.63, 3.8) is 0 Å². The van der Waals surface area contributed by atoms with Gasteiger partial charge in [-0.1, -0.05) is 0 Å². The molecule has 0 unspecified atom stereocenters. The Morgan fingerprint density at radius 1 is 1.27 bits per heavy atom. The van der Waals surface area contributed by atoms with Gasteiger partial charge in [0.15, 0.2) is 5.82 Å². The normalized spacial score (nSPS) is 15.1. The minimum absolute atomic E-state index is 0.302. The van der Waals surface area contributed by atoms with Crippen LogP contribution in [-0.4, -0.2) is 26.3 Å². The van der Waals surface area contributed by atoms with E-state index in [1.807, 2.05) is 0 Å². The number of fused-ring (bicyclic) bond motifs is 1. The number of aryl methyl sites for hydroxylation is 2. The zero-order valence-electron chi connectivity index (χ0n) is 8.82. The number of carbonyl (C=O) groups is 1. The van der Waals surface area contributed by atoms with Crippen molar-refractivity contribution in [2.45, 2.75) is 38.5 Å². The predicted octanol–water partition coefficient (Wildman–Crippen LogP) is 0.722. The van der Waals surface area contributed by atoms with Crippen LogP contribution in [0.15, 0.2) is 0 Å². The molecule has 1 aromatic rings. The maximum absolute atomic E-state index is 11.0. The van der Waals surface area contributed by atoms with E-state index in [9.17, 15) is 4.79 Å².